The molecule has 4 heterocycles. The largest absolute Gasteiger partial charge is 0.507 e. The van der Waals surface area contributed by atoms with Crippen LogP contribution in [0.3, 0.4) is 0 Å². The van der Waals surface area contributed by atoms with Crippen molar-refractivity contribution in [2.24, 2.45) is 5.92 Å². The second kappa shape index (κ2) is 5.20. The smallest absolute Gasteiger partial charge is 0.343 e. The predicted molar refractivity (Wildman–Crippen MR) is 85.7 cm³/mol. The number of nitrogens with zero attached hydrogens (tertiary/aromatic N) is 1. The molecule has 3 aliphatic rings. The lowest BCUT2D eigenvalue weighted by atomic mass is 9.80. The first-order valence-electron chi connectivity index (χ1n) is 8.08. The molecule has 3 aliphatic heterocycles. The maximum Gasteiger partial charge on any atom is 0.343 e. The molecule has 1 atom stereocenters. The van der Waals surface area contributed by atoms with Gasteiger partial charge in [0.1, 0.15) is 11.3 Å². The van der Waals surface area contributed by atoms with Crippen LogP contribution in [-0.2, 0) is 11.2 Å². The minimum Gasteiger partial charge on any atom is -0.507 e. The molecule has 5 rings (SSSR count). The molecular formula is C18H19NO4. The fourth-order valence-corrected chi connectivity index (χ4v) is 3.94. The number of hydrogen-bond acceptors (Lipinski definition) is 5. The molecule has 120 valence electrons. The van der Waals surface area contributed by atoms with Crippen LogP contribution in [-0.4, -0.2) is 34.9 Å². The molecule has 0 saturated carbocycles. The Kier molecular flexibility index (Phi) is 3.27. The highest BCUT2D eigenvalue weighted by atomic mass is 16.4. The maximum absolute atomic E-state index is 12.5. The van der Waals surface area contributed by atoms with Crippen molar-refractivity contribution in [3.05, 3.63) is 39.7 Å². The van der Waals surface area contributed by atoms with E-state index in [2.05, 4.69) is 4.90 Å². The van der Waals surface area contributed by atoms with Crippen LogP contribution in [0, 0.1) is 12.8 Å². The summed E-state index contributed by atoms with van der Waals surface area (Å²) in [6, 6.07) is 5.08. The van der Waals surface area contributed by atoms with Gasteiger partial charge >= 0.3 is 5.63 Å². The standard InChI is InChI=1S/C18H19NO4/c1-10-3-2-4-12-16(21)13(18(22)23-17(10)12)9-14-15(20)11-5-7-19(14)8-6-11/h2-4,11,14,21H,5-9H2,1H3/t14-/m1/s1. The van der Waals surface area contributed by atoms with E-state index in [4.69, 9.17) is 4.42 Å². The molecule has 5 heteroatoms. The van der Waals surface area contributed by atoms with Gasteiger partial charge in [-0.2, -0.15) is 0 Å². The Hall–Kier alpha value is -2.14. The first-order chi connectivity index (χ1) is 11.1. The van der Waals surface area contributed by atoms with Crippen molar-refractivity contribution in [1.29, 1.82) is 0 Å². The van der Waals surface area contributed by atoms with Crippen molar-refractivity contribution in [3.63, 3.8) is 0 Å². The monoisotopic (exact) mass is 313 g/mol. The number of hydrogen-bond donors (Lipinski definition) is 1. The van der Waals surface area contributed by atoms with E-state index in [0.29, 0.717) is 11.0 Å². The average Bonchev–Trinajstić information content (AvgIpc) is 2.55. The number of aromatic hydroxyl groups is 1. The van der Waals surface area contributed by atoms with Gasteiger partial charge in [-0.3, -0.25) is 9.69 Å². The highest BCUT2D eigenvalue weighted by Crippen LogP contribution is 2.33. The van der Waals surface area contributed by atoms with E-state index < -0.39 is 5.63 Å². The van der Waals surface area contributed by atoms with Crippen molar-refractivity contribution >= 4 is 16.8 Å². The number of Topliss-reactive ketones (excluding diaryl/α,β-unsaturated/α-hetero) is 1. The summed E-state index contributed by atoms with van der Waals surface area (Å²) in [5, 5.41) is 11.1. The summed E-state index contributed by atoms with van der Waals surface area (Å²) in [5.74, 6) is 0.267. The number of carbonyl (C=O) groups is 1. The Morgan fingerprint density at radius 3 is 2.70 bits per heavy atom. The summed E-state index contributed by atoms with van der Waals surface area (Å²) in [7, 11) is 0. The lowest BCUT2D eigenvalue weighted by molar-refractivity contribution is -0.136. The van der Waals surface area contributed by atoms with Crippen molar-refractivity contribution in [2.75, 3.05) is 13.1 Å². The van der Waals surface area contributed by atoms with E-state index in [1.165, 1.54) is 0 Å². The van der Waals surface area contributed by atoms with Gasteiger partial charge in [-0.15, -0.1) is 0 Å². The molecule has 3 saturated heterocycles. The minimum atomic E-state index is -0.542. The highest BCUT2D eigenvalue weighted by molar-refractivity contribution is 5.89. The molecule has 2 aromatic rings. The normalized spacial score (nSPS) is 26.8. The fraction of sp³-hybridized carbons (Fsp3) is 0.444. The topological polar surface area (TPSA) is 70.8 Å². The number of para-hydroxylation sites is 1. The third-order valence-corrected chi connectivity index (χ3v) is 5.29. The molecule has 0 unspecified atom stereocenters. The lowest BCUT2D eigenvalue weighted by Gasteiger charge is -2.44. The van der Waals surface area contributed by atoms with Gasteiger partial charge in [0.2, 0.25) is 0 Å². The van der Waals surface area contributed by atoms with Gasteiger partial charge in [0, 0.05) is 12.3 Å². The van der Waals surface area contributed by atoms with Gasteiger partial charge in [-0.05, 0) is 44.5 Å². The van der Waals surface area contributed by atoms with Crippen molar-refractivity contribution in [2.45, 2.75) is 32.2 Å². The van der Waals surface area contributed by atoms with Gasteiger partial charge < -0.3 is 9.52 Å². The summed E-state index contributed by atoms with van der Waals surface area (Å²) in [6.07, 6.45) is 2.05. The summed E-state index contributed by atoms with van der Waals surface area (Å²) < 4.78 is 5.42. The molecule has 0 spiro atoms. The maximum atomic E-state index is 12.5. The summed E-state index contributed by atoms with van der Waals surface area (Å²) in [5.41, 5.74) is 0.891. The number of fused-ring (bicyclic) bond motifs is 4. The zero-order chi connectivity index (χ0) is 16.1. The van der Waals surface area contributed by atoms with Crippen LogP contribution in [0.2, 0.25) is 0 Å². The first kappa shape index (κ1) is 14.5. The Balaban J connectivity index is 1.78. The molecule has 0 aliphatic carbocycles. The minimum absolute atomic E-state index is 0.0459. The highest BCUT2D eigenvalue weighted by Gasteiger charge is 2.41. The Morgan fingerprint density at radius 2 is 2.00 bits per heavy atom. The van der Waals surface area contributed by atoms with Crippen LogP contribution in [0.4, 0.5) is 0 Å². The van der Waals surface area contributed by atoms with Crippen LogP contribution in [0.25, 0.3) is 11.0 Å². The molecule has 1 aromatic carbocycles. The molecule has 1 aromatic heterocycles. The van der Waals surface area contributed by atoms with Gasteiger partial charge in [0.15, 0.2) is 5.78 Å². The molecule has 0 amide bonds. The van der Waals surface area contributed by atoms with E-state index >= 15 is 0 Å². The van der Waals surface area contributed by atoms with Gasteiger partial charge in [0.25, 0.3) is 0 Å². The zero-order valence-corrected chi connectivity index (χ0v) is 13.0. The van der Waals surface area contributed by atoms with Crippen LogP contribution < -0.4 is 5.63 Å². The number of piperidine rings is 3. The molecule has 0 radical (unpaired) electrons. The lowest BCUT2D eigenvalue weighted by Crippen LogP contribution is -2.56. The second-order valence-corrected chi connectivity index (χ2v) is 6.60. The number of ketones is 1. The third-order valence-electron chi connectivity index (χ3n) is 5.29. The van der Waals surface area contributed by atoms with Gasteiger partial charge in [-0.25, -0.2) is 4.79 Å². The number of aryl methyl sites for hydroxylation is 1. The van der Waals surface area contributed by atoms with E-state index in [1.54, 1.807) is 6.07 Å². The van der Waals surface area contributed by atoms with Crippen LogP contribution in [0.15, 0.2) is 27.4 Å². The summed E-state index contributed by atoms with van der Waals surface area (Å²) >= 11 is 0. The van der Waals surface area contributed by atoms with Crippen molar-refractivity contribution in [1.82, 2.24) is 4.90 Å². The van der Waals surface area contributed by atoms with Gasteiger partial charge in [-0.1, -0.05) is 12.1 Å². The predicted octanol–water partition coefficient (Wildman–Crippen LogP) is 2.01. The molecule has 2 bridgehead atoms. The molecule has 1 N–H and O–H groups in total. The SMILES string of the molecule is Cc1cccc2c(O)c(C[C@@H]3C(=O)C4CCN3CC4)c(=O)oc12. The number of carbonyl (C=O) groups excluding carboxylic acids is 1. The Labute approximate surface area is 133 Å². The van der Waals surface area contributed by atoms with Crippen LogP contribution >= 0.6 is 0 Å². The Morgan fingerprint density at radius 1 is 1.26 bits per heavy atom. The van der Waals surface area contributed by atoms with E-state index in [1.807, 2.05) is 19.1 Å². The molecular weight excluding hydrogens is 294 g/mol. The van der Waals surface area contributed by atoms with E-state index in [-0.39, 0.29) is 35.5 Å². The molecule has 5 nitrogen and oxygen atoms in total. The second-order valence-electron chi connectivity index (χ2n) is 6.60. The average molecular weight is 313 g/mol. The van der Waals surface area contributed by atoms with Crippen molar-refractivity contribution in [3.8, 4) is 5.75 Å². The third kappa shape index (κ3) is 2.18. The summed E-state index contributed by atoms with van der Waals surface area (Å²) in [4.78, 5) is 26.9. The number of rotatable bonds is 2. The quantitative estimate of drug-likeness (QED) is 0.859. The van der Waals surface area contributed by atoms with E-state index in [9.17, 15) is 14.7 Å². The first-order valence-corrected chi connectivity index (χ1v) is 8.08. The van der Waals surface area contributed by atoms with Crippen LogP contribution in [0.5, 0.6) is 5.75 Å². The van der Waals surface area contributed by atoms with E-state index in [0.717, 1.165) is 31.5 Å². The Bertz CT molecular complexity index is 846. The molecule has 3 fully saturated rings. The fourth-order valence-electron chi connectivity index (χ4n) is 3.94. The van der Waals surface area contributed by atoms with Crippen LogP contribution in [0.1, 0.15) is 24.0 Å². The number of benzene rings is 1. The zero-order valence-electron chi connectivity index (χ0n) is 13.0. The molecule has 23 heavy (non-hydrogen) atoms. The van der Waals surface area contributed by atoms with Gasteiger partial charge in [0.05, 0.1) is 17.0 Å². The summed E-state index contributed by atoms with van der Waals surface area (Å²) in [6.45, 7) is 3.61. The van der Waals surface area contributed by atoms with Crippen molar-refractivity contribution < 1.29 is 14.3 Å².